The van der Waals surface area contributed by atoms with E-state index in [1.165, 1.54) is 0 Å². The van der Waals surface area contributed by atoms with Gasteiger partial charge in [0, 0.05) is 0 Å². The molecule has 0 atom stereocenters. The highest BCUT2D eigenvalue weighted by Gasteiger charge is 2.09. The van der Waals surface area contributed by atoms with Crippen molar-refractivity contribution in [2.45, 2.75) is 26.9 Å². The first-order chi connectivity index (χ1) is 8.58. The fraction of sp³-hybridized carbons (Fsp3) is 0.385. The van der Waals surface area contributed by atoms with E-state index in [4.69, 9.17) is 4.74 Å². The molecule has 18 heavy (non-hydrogen) atoms. The van der Waals surface area contributed by atoms with Gasteiger partial charge in [0.25, 0.3) is 0 Å². The summed E-state index contributed by atoms with van der Waals surface area (Å²) in [6.07, 6.45) is -0.533. The Bertz CT molecular complexity index is 389. The van der Waals surface area contributed by atoms with Gasteiger partial charge in [-0.1, -0.05) is 44.2 Å². The van der Waals surface area contributed by atoms with E-state index < -0.39 is 12.1 Å². The molecule has 0 aliphatic carbocycles. The summed E-state index contributed by atoms with van der Waals surface area (Å²) < 4.78 is 4.86. The van der Waals surface area contributed by atoms with Gasteiger partial charge < -0.3 is 9.57 Å². The molecule has 5 heteroatoms. The second-order valence-corrected chi connectivity index (χ2v) is 4.24. The molecule has 5 nitrogen and oxygen atoms in total. The minimum absolute atomic E-state index is 0.133. The maximum absolute atomic E-state index is 11.2. The molecular formula is C13H17NO4. The highest BCUT2D eigenvalue weighted by molar-refractivity contribution is 5.73. The van der Waals surface area contributed by atoms with Crippen molar-refractivity contribution in [1.82, 2.24) is 5.48 Å². The quantitative estimate of drug-likeness (QED) is 0.835. The first-order valence-corrected chi connectivity index (χ1v) is 5.74. The van der Waals surface area contributed by atoms with Crippen LogP contribution in [0, 0.1) is 5.92 Å². The van der Waals surface area contributed by atoms with E-state index in [9.17, 15) is 9.59 Å². The van der Waals surface area contributed by atoms with Crippen molar-refractivity contribution in [1.29, 1.82) is 0 Å². The predicted molar refractivity (Wildman–Crippen MR) is 65.3 cm³/mol. The van der Waals surface area contributed by atoms with E-state index in [0.29, 0.717) is 0 Å². The molecule has 0 heterocycles. The molecule has 1 aromatic rings. The molecular weight excluding hydrogens is 234 g/mol. The van der Waals surface area contributed by atoms with Crippen LogP contribution in [-0.2, 0) is 21.0 Å². The van der Waals surface area contributed by atoms with E-state index in [-0.39, 0.29) is 18.9 Å². The molecule has 1 amide bonds. The molecule has 1 aromatic carbocycles. The number of amides is 1. The van der Waals surface area contributed by atoms with Crippen LogP contribution in [0.4, 0.5) is 4.79 Å². The van der Waals surface area contributed by atoms with E-state index in [0.717, 1.165) is 5.56 Å². The van der Waals surface area contributed by atoms with Gasteiger partial charge in [-0.15, -0.1) is 5.48 Å². The van der Waals surface area contributed by atoms with E-state index in [1.54, 1.807) is 0 Å². The van der Waals surface area contributed by atoms with Crippen LogP contribution in [0.5, 0.6) is 0 Å². The molecule has 0 aromatic heterocycles. The minimum Gasteiger partial charge on any atom is -0.443 e. The van der Waals surface area contributed by atoms with Crippen LogP contribution < -0.4 is 5.48 Å². The second-order valence-electron chi connectivity index (χ2n) is 4.24. The summed E-state index contributed by atoms with van der Waals surface area (Å²) in [5.41, 5.74) is 2.81. The Hall–Kier alpha value is -2.04. The summed E-state index contributed by atoms with van der Waals surface area (Å²) in [7, 11) is 0. The summed E-state index contributed by atoms with van der Waals surface area (Å²) >= 11 is 0. The summed E-state index contributed by atoms with van der Waals surface area (Å²) in [4.78, 5) is 26.9. The van der Waals surface area contributed by atoms with Crippen molar-refractivity contribution in [3.8, 4) is 0 Å². The van der Waals surface area contributed by atoms with Crippen molar-refractivity contribution in [3.05, 3.63) is 35.9 Å². The summed E-state index contributed by atoms with van der Waals surface area (Å²) in [6, 6.07) is 9.23. The fourth-order valence-electron chi connectivity index (χ4n) is 1.23. The Labute approximate surface area is 106 Å². The molecule has 1 N–H and O–H groups in total. The van der Waals surface area contributed by atoms with Crippen molar-refractivity contribution >= 4 is 12.1 Å². The summed E-state index contributed by atoms with van der Waals surface area (Å²) in [5.74, 6) is -0.304. The lowest BCUT2D eigenvalue weighted by atomic mass is 10.1. The van der Waals surface area contributed by atoms with Gasteiger partial charge >= 0.3 is 12.1 Å². The number of ether oxygens (including phenoxy) is 1. The zero-order valence-electron chi connectivity index (χ0n) is 10.5. The fourth-order valence-corrected chi connectivity index (χ4v) is 1.23. The molecule has 0 aliphatic heterocycles. The molecule has 0 saturated heterocycles. The standard InChI is InChI=1S/C13H17NO4/c1-10(2)8-12(15)18-14-13(16)17-9-11-6-4-3-5-7-11/h3-7,10H,8-9H2,1-2H3,(H,14,16). The first-order valence-electron chi connectivity index (χ1n) is 5.74. The SMILES string of the molecule is CC(C)CC(=O)ONC(=O)OCc1ccccc1. The molecule has 0 radical (unpaired) electrons. The number of benzene rings is 1. The molecule has 1 rings (SSSR count). The third-order valence-corrected chi connectivity index (χ3v) is 2.04. The Morgan fingerprint density at radius 2 is 1.89 bits per heavy atom. The average molecular weight is 251 g/mol. The molecule has 0 saturated carbocycles. The Kier molecular flexibility index (Phi) is 5.70. The summed E-state index contributed by atoms with van der Waals surface area (Å²) in [5, 5.41) is 0. The van der Waals surface area contributed by atoms with Crippen LogP contribution >= 0.6 is 0 Å². The van der Waals surface area contributed by atoms with Crippen LogP contribution in [0.15, 0.2) is 30.3 Å². The monoisotopic (exact) mass is 251 g/mol. The number of carbonyl (C=O) groups is 2. The minimum atomic E-state index is -0.782. The number of carbonyl (C=O) groups excluding carboxylic acids is 2. The highest BCUT2D eigenvalue weighted by Crippen LogP contribution is 2.01. The Balaban J connectivity index is 2.20. The van der Waals surface area contributed by atoms with Gasteiger partial charge in [-0.05, 0) is 11.5 Å². The number of hydrogen-bond donors (Lipinski definition) is 1. The van der Waals surface area contributed by atoms with Gasteiger partial charge in [-0.2, -0.15) is 0 Å². The van der Waals surface area contributed by atoms with Gasteiger partial charge in [0.2, 0.25) is 0 Å². The highest BCUT2D eigenvalue weighted by atomic mass is 16.7. The smallest absolute Gasteiger partial charge is 0.441 e. The van der Waals surface area contributed by atoms with Crippen LogP contribution in [0.3, 0.4) is 0 Å². The number of hydrogen-bond acceptors (Lipinski definition) is 4. The maximum Gasteiger partial charge on any atom is 0.441 e. The Morgan fingerprint density at radius 1 is 1.22 bits per heavy atom. The van der Waals surface area contributed by atoms with Gasteiger partial charge in [-0.3, -0.25) is 0 Å². The number of nitrogens with one attached hydrogen (secondary N) is 1. The van der Waals surface area contributed by atoms with Gasteiger partial charge in [0.05, 0.1) is 6.42 Å². The first kappa shape index (κ1) is 14.0. The zero-order valence-corrected chi connectivity index (χ0v) is 10.5. The van der Waals surface area contributed by atoms with Crippen molar-refractivity contribution in [2.75, 3.05) is 0 Å². The van der Waals surface area contributed by atoms with Crippen molar-refractivity contribution in [3.63, 3.8) is 0 Å². The molecule has 0 aliphatic rings. The predicted octanol–water partition coefficient (Wildman–Crippen LogP) is 2.42. The Morgan fingerprint density at radius 3 is 2.50 bits per heavy atom. The lowest BCUT2D eigenvalue weighted by molar-refractivity contribution is -0.150. The van der Waals surface area contributed by atoms with E-state index in [1.807, 2.05) is 49.7 Å². The van der Waals surface area contributed by atoms with Crippen LogP contribution in [0.2, 0.25) is 0 Å². The average Bonchev–Trinajstić information content (AvgIpc) is 2.34. The third-order valence-electron chi connectivity index (χ3n) is 2.04. The number of rotatable bonds is 4. The normalized spacial score (nSPS) is 9.94. The second kappa shape index (κ2) is 7.32. The summed E-state index contributed by atoms with van der Waals surface area (Å²) in [6.45, 7) is 3.90. The lowest BCUT2D eigenvalue weighted by Gasteiger charge is -2.08. The number of hydroxylamine groups is 1. The zero-order chi connectivity index (χ0) is 13.4. The third kappa shape index (κ3) is 5.89. The van der Waals surface area contributed by atoms with E-state index in [2.05, 4.69) is 4.84 Å². The topological polar surface area (TPSA) is 64.6 Å². The molecule has 98 valence electrons. The van der Waals surface area contributed by atoms with Crippen molar-refractivity contribution in [2.24, 2.45) is 5.92 Å². The van der Waals surface area contributed by atoms with Gasteiger partial charge in [-0.25, -0.2) is 9.59 Å². The van der Waals surface area contributed by atoms with Crippen LogP contribution in [-0.4, -0.2) is 12.1 Å². The van der Waals surface area contributed by atoms with Gasteiger partial charge in [0.1, 0.15) is 6.61 Å². The van der Waals surface area contributed by atoms with Gasteiger partial charge in [0.15, 0.2) is 0 Å². The lowest BCUT2D eigenvalue weighted by Crippen LogP contribution is -2.28. The largest absolute Gasteiger partial charge is 0.443 e. The van der Waals surface area contributed by atoms with Crippen LogP contribution in [0.1, 0.15) is 25.8 Å². The maximum atomic E-state index is 11.2. The van der Waals surface area contributed by atoms with E-state index >= 15 is 0 Å². The van der Waals surface area contributed by atoms with Crippen LogP contribution in [0.25, 0.3) is 0 Å². The molecule has 0 bridgehead atoms. The molecule has 0 fully saturated rings. The molecule has 0 spiro atoms. The molecule has 0 unspecified atom stereocenters. The van der Waals surface area contributed by atoms with Crippen molar-refractivity contribution < 1.29 is 19.2 Å².